The maximum atomic E-state index is 14.3. The second kappa shape index (κ2) is 11.5. The molecule has 0 aromatic heterocycles. The van der Waals surface area contributed by atoms with Crippen molar-refractivity contribution in [1.29, 1.82) is 0 Å². The first-order valence-electron chi connectivity index (χ1n) is 11.3. The van der Waals surface area contributed by atoms with E-state index in [0.29, 0.717) is 11.3 Å². The van der Waals surface area contributed by atoms with E-state index in [1.54, 1.807) is 25.1 Å². The third-order valence-electron chi connectivity index (χ3n) is 5.94. The van der Waals surface area contributed by atoms with E-state index in [0.717, 1.165) is 25.7 Å². The number of aryl methyl sites for hydroxylation is 2. The normalized spacial score (nSPS) is 14.9. The molecule has 172 valence electrons. The van der Waals surface area contributed by atoms with Crippen LogP contribution < -0.4 is 5.32 Å². The second-order valence-electron chi connectivity index (χ2n) is 8.77. The number of halogens is 1. The average Bonchev–Trinajstić information content (AvgIpc) is 3.25. The van der Waals surface area contributed by atoms with Crippen LogP contribution in [0.15, 0.2) is 42.5 Å². The number of benzene rings is 2. The minimum absolute atomic E-state index is 0.0782. The van der Waals surface area contributed by atoms with E-state index in [-0.39, 0.29) is 36.0 Å². The molecule has 0 radical (unpaired) electrons. The zero-order valence-corrected chi connectivity index (χ0v) is 20.0. The van der Waals surface area contributed by atoms with Crippen LogP contribution in [0.1, 0.15) is 54.9 Å². The van der Waals surface area contributed by atoms with Crippen molar-refractivity contribution in [3.05, 3.63) is 70.5 Å². The van der Waals surface area contributed by atoms with Crippen LogP contribution in [0, 0.1) is 19.7 Å². The van der Waals surface area contributed by atoms with Gasteiger partial charge in [-0.3, -0.25) is 9.59 Å². The fourth-order valence-corrected chi connectivity index (χ4v) is 5.12. The fourth-order valence-electron chi connectivity index (χ4n) is 4.28. The van der Waals surface area contributed by atoms with Gasteiger partial charge in [0.1, 0.15) is 11.9 Å². The lowest BCUT2D eigenvalue weighted by Gasteiger charge is -2.30. The highest BCUT2D eigenvalue weighted by molar-refractivity contribution is 7.99. The van der Waals surface area contributed by atoms with Gasteiger partial charge in [-0.1, -0.05) is 60.4 Å². The van der Waals surface area contributed by atoms with Crippen molar-refractivity contribution in [2.45, 2.75) is 70.8 Å². The van der Waals surface area contributed by atoms with Crippen molar-refractivity contribution < 1.29 is 14.0 Å². The van der Waals surface area contributed by atoms with Gasteiger partial charge in [0.2, 0.25) is 11.8 Å². The molecule has 4 nitrogen and oxygen atoms in total. The first-order chi connectivity index (χ1) is 15.3. The van der Waals surface area contributed by atoms with Crippen molar-refractivity contribution >= 4 is 23.6 Å². The van der Waals surface area contributed by atoms with Gasteiger partial charge in [0.05, 0.1) is 5.75 Å². The Labute approximate surface area is 195 Å². The largest absolute Gasteiger partial charge is 0.352 e. The molecule has 0 aliphatic heterocycles. The molecule has 6 heteroatoms. The van der Waals surface area contributed by atoms with Crippen molar-refractivity contribution in [1.82, 2.24) is 10.2 Å². The number of hydrogen-bond donors (Lipinski definition) is 1. The Morgan fingerprint density at radius 3 is 2.44 bits per heavy atom. The Morgan fingerprint density at radius 2 is 1.78 bits per heavy atom. The van der Waals surface area contributed by atoms with Crippen LogP contribution >= 0.6 is 11.8 Å². The number of carbonyl (C=O) groups excluding carboxylic acids is 2. The molecule has 1 saturated carbocycles. The first kappa shape index (κ1) is 24.3. The van der Waals surface area contributed by atoms with Crippen LogP contribution in [-0.4, -0.2) is 34.6 Å². The van der Waals surface area contributed by atoms with Gasteiger partial charge < -0.3 is 10.2 Å². The van der Waals surface area contributed by atoms with Crippen molar-refractivity contribution in [2.75, 3.05) is 5.75 Å². The molecule has 3 rings (SSSR count). The van der Waals surface area contributed by atoms with Crippen LogP contribution in [-0.2, 0) is 21.9 Å². The van der Waals surface area contributed by atoms with E-state index in [2.05, 4.69) is 37.4 Å². The highest BCUT2D eigenvalue weighted by atomic mass is 32.2. The molecule has 1 N–H and O–H groups in total. The Bertz CT molecular complexity index is 923. The number of amides is 2. The number of rotatable bonds is 9. The highest BCUT2D eigenvalue weighted by Gasteiger charge is 2.28. The molecule has 2 aromatic rings. The molecule has 0 bridgehead atoms. The molecule has 0 spiro atoms. The Hall–Kier alpha value is -2.34. The Balaban J connectivity index is 1.67. The summed E-state index contributed by atoms with van der Waals surface area (Å²) in [6.45, 7) is 5.94. The van der Waals surface area contributed by atoms with Crippen LogP contribution in [0.3, 0.4) is 0 Å². The SMILES string of the molecule is Cc1cc(C)cc(CSCC(=O)N(Cc2ccccc2F)[C@H](C)C(=O)NC2CCCC2)c1. The summed E-state index contributed by atoms with van der Waals surface area (Å²) in [4.78, 5) is 27.6. The van der Waals surface area contributed by atoms with Crippen LogP contribution in [0.2, 0.25) is 0 Å². The molecule has 1 aliphatic carbocycles. The van der Waals surface area contributed by atoms with Gasteiger partial charge in [0.25, 0.3) is 0 Å². The molecule has 0 unspecified atom stereocenters. The fraction of sp³-hybridized carbons (Fsp3) is 0.462. The highest BCUT2D eigenvalue weighted by Crippen LogP contribution is 2.21. The smallest absolute Gasteiger partial charge is 0.242 e. The van der Waals surface area contributed by atoms with E-state index >= 15 is 0 Å². The van der Waals surface area contributed by atoms with E-state index in [1.165, 1.54) is 39.4 Å². The molecule has 1 aliphatic rings. The maximum absolute atomic E-state index is 14.3. The second-order valence-corrected chi connectivity index (χ2v) is 9.75. The van der Waals surface area contributed by atoms with Gasteiger partial charge in [-0.25, -0.2) is 4.39 Å². The summed E-state index contributed by atoms with van der Waals surface area (Å²) >= 11 is 1.52. The minimum Gasteiger partial charge on any atom is -0.352 e. The summed E-state index contributed by atoms with van der Waals surface area (Å²) in [5.74, 6) is 0.265. The molecule has 2 amide bonds. The summed E-state index contributed by atoms with van der Waals surface area (Å²) in [5.41, 5.74) is 3.99. The third-order valence-corrected chi connectivity index (χ3v) is 6.93. The van der Waals surface area contributed by atoms with Crippen LogP contribution in [0.5, 0.6) is 0 Å². The standard InChI is InChI=1S/C26H33FN2O2S/c1-18-12-19(2)14-21(13-18)16-32-17-25(30)29(15-22-8-4-7-11-24(22)27)20(3)26(31)28-23-9-5-6-10-23/h4,7-8,11-14,20,23H,5-6,9-10,15-17H2,1-3H3,(H,28,31)/t20-/m1/s1. The molecule has 2 aromatic carbocycles. The quantitative estimate of drug-likeness (QED) is 0.568. The van der Waals surface area contributed by atoms with Gasteiger partial charge in [0, 0.05) is 23.9 Å². The monoisotopic (exact) mass is 456 g/mol. The third kappa shape index (κ3) is 6.83. The summed E-state index contributed by atoms with van der Waals surface area (Å²) in [6, 6.07) is 12.3. The van der Waals surface area contributed by atoms with E-state index in [9.17, 15) is 14.0 Å². The predicted molar refractivity (Wildman–Crippen MR) is 129 cm³/mol. The molecule has 1 fully saturated rings. The first-order valence-corrected chi connectivity index (χ1v) is 12.5. The number of thioether (sulfide) groups is 1. The minimum atomic E-state index is -0.662. The summed E-state index contributed by atoms with van der Waals surface area (Å²) in [5, 5.41) is 3.08. The summed E-state index contributed by atoms with van der Waals surface area (Å²) in [6.07, 6.45) is 4.19. The molecule has 0 saturated heterocycles. The lowest BCUT2D eigenvalue weighted by atomic mass is 10.1. The Morgan fingerprint density at radius 1 is 1.12 bits per heavy atom. The van der Waals surface area contributed by atoms with Crippen LogP contribution in [0.25, 0.3) is 0 Å². The predicted octanol–water partition coefficient (Wildman–Crippen LogP) is 5.15. The van der Waals surface area contributed by atoms with E-state index in [4.69, 9.17) is 0 Å². The topological polar surface area (TPSA) is 49.4 Å². The van der Waals surface area contributed by atoms with Gasteiger partial charge in [-0.15, -0.1) is 11.8 Å². The van der Waals surface area contributed by atoms with Gasteiger partial charge in [0.15, 0.2) is 0 Å². The molecule has 1 atom stereocenters. The van der Waals surface area contributed by atoms with E-state index in [1.807, 2.05) is 0 Å². The Kier molecular flexibility index (Phi) is 8.74. The zero-order valence-electron chi connectivity index (χ0n) is 19.2. The number of carbonyl (C=O) groups is 2. The number of hydrogen-bond acceptors (Lipinski definition) is 3. The molecular formula is C26H33FN2O2S. The number of nitrogens with one attached hydrogen (secondary N) is 1. The molecule has 0 heterocycles. The van der Waals surface area contributed by atoms with Gasteiger partial charge in [-0.05, 0) is 45.2 Å². The number of nitrogens with zero attached hydrogens (tertiary/aromatic N) is 1. The maximum Gasteiger partial charge on any atom is 0.242 e. The van der Waals surface area contributed by atoms with Gasteiger partial charge in [-0.2, -0.15) is 0 Å². The van der Waals surface area contributed by atoms with Crippen molar-refractivity contribution in [3.63, 3.8) is 0 Å². The van der Waals surface area contributed by atoms with Crippen molar-refractivity contribution in [3.8, 4) is 0 Å². The zero-order chi connectivity index (χ0) is 23.1. The van der Waals surface area contributed by atoms with E-state index < -0.39 is 6.04 Å². The van der Waals surface area contributed by atoms with Crippen LogP contribution in [0.4, 0.5) is 4.39 Å². The average molecular weight is 457 g/mol. The van der Waals surface area contributed by atoms with Crippen molar-refractivity contribution in [2.24, 2.45) is 0 Å². The summed E-state index contributed by atoms with van der Waals surface area (Å²) < 4.78 is 14.3. The van der Waals surface area contributed by atoms with Gasteiger partial charge >= 0.3 is 0 Å². The summed E-state index contributed by atoms with van der Waals surface area (Å²) in [7, 11) is 0. The molecule has 32 heavy (non-hydrogen) atoms. The molecular weight excluding hydrogens is 423 g/mol. The lowest BCUT2D eigenvalue weighted by molar-refractivity contribution is -0.139. The lowest BCUT2D eigenvalue weighted by Crippen LogP contribution is -2.50.